The maximum atomic E-state index is 13.0. The van der Waals surface area contributed by atoms with E-state index in [1.807, 2.05) is 10.3 Å². The molecule has 1 aliphatic heterocycles. The lowest BCUT2D eigenvalue weighted by atomic mass is 9.92. The molecule has 0 aromatic carbocycles. The number of β-amino-alcohol motifs (C(OH)–C–C–N with tert-alkyl or cyclic N) is 1. The lowest BCUT2D eigenvalue weighted by molar-refractivity contribution is -0.000120. The van der Waals surface area contributed by atoms with Gasteiger partial charge < -0.3 is 14.9 Å². The number of hydrogen-bond acceptors (Lipinski definition) is 5. The molecule has 1 fully saturated rings. The van der Waals surface area contributed by atoms with Crippen LogP contribution >= 0.6 is 11.3 Å². The third-order valence-corrected chi connectivity index (χ3v) is 4.92. The summed E-state index contributed by atoms with van der Waals surface area (Å²) in [5, 5.41) is 14.6. The van der Waals surface area contributed by atoms with E-state index in [1.54, 1.807) is 29.5 Å². The molecule has 0 radical (unpaired) electrons. The molecule has 2 aromatic rings. The monoisotopic (exact) mass is 349 g/mol. The molecule has 0 spiro atoms. The lowest BCUT2D eigenvalue weighted by Gasteiger charge is -2.41. The predicted molar refractivity (Wildman–Crippen MR) is 91.9 cm³/mol. The molecule has 2 aromatic heterocycles. The van der Waals surface area contributed by atoms with Crippen molar-refractivity contribution in [3.8, 4) is 0 Å². The van der Waals surface area contributed by atoms with Gasteiger partial charge in [-0.25, -0.2) is 9.37 Å². The lowest BCUT2D eigenvalue weighted by Crippen LogP contribution is -2.54. The van der Waals surface area contributed by atoms with Gasteiger partial charge in [0.1, 0.15) is 11.6 Å². The minimum absolute atomic E-state index is 0.0956. The van der Waals surface area contributed by atoms with Gasteiger partial charge in [0.2, 0.25) is 0 Å². The van der Waals surface area contributed by atoms with Crippen LogP contribution in [0.15, 0.2) is 35.2 Å². The highest BCUT2D eigenvalue weighted by Crippen LogP contribution is 2.26. The van der Waals surface area contributed by atoms with Crippen LogP contribution in [0.4, 0.5) is 10.2 Å². The Balaban J connectivity index is 1.68. The summed E-state index contributed by atoms with van der Waals surface area (Å²) in [7, 11) is 1.70. The largest absolute Gasteiger partial charge is 0.386 e. The molecule has 0 aliphatic carbocycles. The van der Waals surface area contributed by atoms with Crippen LogP contribution in [-0.2, 0) is 0 Å². The van der Waals surface area contributed by atoms with Crippen LogP contribution in [0.3, 0.4) is 0 Å². The first-order chi connectivity index (χ1) is 11.5. The number of rotatable bonds is 4. The second-order valence-electron chi connectivity index (χ2n) is 6.26. The maximum absolute atomic E-state index is 13.0. The molecule has 0 bridgehead atoms. The Morgan fingerprint density at radius 2 is 2.33 bits per heavy atom. The van der Waals surface area contributed by atoms with Gasteiger partial charge >= 0.3 is 0 Å². The van der Waals surface area contributed by atoms with E-state index in [9.17, 15) is 14.3 Å². The van der Waals surface area contributed by atoms with Crippen molar-refractivity contribution in [3.63, 3.8) is 0 Å². The topological polar surface area (TPSA) is 56.7 Å². The second kappa shape index (κ2) is 6.86. The van der Waals surface area contributed by atoms with E-state index in [0.29, 0.717) is 24.3 Å². The summed E-state index contributed by atoms with van der Waals surface area (Å²) in [5.41, 5.74) is -0.367. The smallest absolute Gasteiger partial charge is 0.254 e. The Hall–Kier alpha value is -1.99. The zero-order valence-corrected chi connectivity index (χ0v) is 14.3. The van der Waals surface area contributed by atoms with Gasteiger partial charge in [0, 0.05) is 25.5 Å². The number of thiophene rings is 1. The van der Waals surface area contributed by atoms with Crippen molar-refractivity contribution < 1.29 is 14.3 Å². The van der Waals surface area contributed by atoms with Crippen molar-refractivity contribution in [2.45, 2.75) is 18.4 Å². The van der Waals surface area contributed by atoms with Gasteiger partial charge in [-0.15, -0.1) is 0 Å². The van der Waals surface area contributed by atoms with Crippen molar-refractivity contribution in [1.82, 2.24) is 9.88 Å². The molecule has 3 rings (SSSR count). The van der Waals surface area contributed by atoms with Crippen LogP contribution in [0, 0.1) is 5.82 Å². The van der Waals surface area contributed by atoms with Gasteiger partial charge in [0.15, 0.2) is 0 Å². The van der Waals surface area contributed by atoms with Crippen LogP contribution in [0.1, 0.15) is 23.2 Å². The van der Waals surface area contributed by atoms with Crippen LogP contribution in [0.25, 0.3) is 0 Å². The van der Waals surface area contributed by atoms with Gasteiger partial charge in [-0.1, -0.05) is 0 Å². The molecule has 1 saturated heterocycles. The number of likely N-dealkylation sites (N-methyl/N-ethyl adjacent to an activating group) is 1. The Morgan fingerprint density at radius 3 is 3.00 bits per heavy atom. The second-order valence-corrected chi connectivity index (χ2v) is 7.04. The van der Waals surface area contributed by atoms with Gasteiger partial charge in [0.05, 0.1) is 23.9 Å². The fourth-order valence-corrected chi connectivity index (χ4v) is 3.74. The van der Waals surface area contributed by atoms with Gasteiger partial charge in [-0.3, -0.25) is 4.79 Å². The van der Waals surface area contributed by atoms with E-state index >= 15 is 0 Å². The number of carbonyl (C=O) groups is 1. The summed E-state index contributed by atoms with van der Waals surface area (Å²) in [6, 6.07) is 4.76. The standard InChI is InChI=1S/C17H20FN3O2S/c1-20(16(22)13-5-8-24-10-13)11-17(23)6-2-7-21(12-17)15-4-3-14(18)9-19-15/h3-5,8-10,23H,2,6-7,11-12H2,1H3. The Labute approximate surface area is 144 Å². The summed E-state index contributed by atoms with van der Waals surface area (Å²) in [5.74, 6) is 0.162. The molecule has 5 nitrogen and oxygen atoms in total. The minimum Gasteiger partial charge on any atom is -0.386 e. The third-order valence-electron chi connectivity index (χ3n) is 4.24. The predicted octanol–water partition coefficient (Wildman–Crippen LogP) is 2.39. The fraction of sp³-hybridized carbons (Fsp3) is 0.412. The Morgan fingerprint density at radius 1 is 1.50 bits per heavy atom. The molecule has 1 N–H and O–H groups in total. The van der Waals surface area contributed by atoms with Crippen molar-refractivity contribution in [2.75, 3.05) is 31.6 Å². The summed E-state index contributed by atoms with van der Waals surface area (Å²) in [6.07, 6.45) is 2.58. The molecule has 0 saturated carbocycles. The fourth-order valence-electron chi connectivity index (χ4n) is 3.11. The molecule has 1 amide bonds. The molecular weight excluding hydrogens is 329 g/mol. The van der Waals surface area contributed by atoms with Crippen molar-refractivity contribution in [1.29, 1.82) is 0 Å². The normalized spacial score (nSPS) is 20.9. The number of nitrogens with zero attached hydrogens (tertiary/aromatic N) is 3. The van der Waals surface area contributed by atoms with Gasteiger partial charge in [-0.05, 0) is 36.4 Å². The quantitative estimate of drug-likeness (QED) is 0.921. The summed E-state index contributed by atoms with van der Waals surface area (Å²) >= 11 is 1.47. The number of halogens is 1. The molecule has 24 heavy (non-hydrogen) atoms. The Bertz CT molecular complexity index is 692. The summed E-state index contributed by atoms with van der Waals surface area (Å²) in [4.78, 5) is 19.9. The molecule has 1 atom stereocenters. The third kappa shape index (κ3) is 3.73. The van der Waals surface area contributed by atoms with E-state index in [2.05, 4.69) is 4.98 Å². The highest BCUT2D eigenvalue weighted by atomic mass is 32.1. The number of aliphatic hydroxyl groups is 1. The zero-order chi connectivity index (χ0) is 17.2. The van der Waals surface area contributed by atoms with E-state index in [0.717, 1.165) is 13.0 Å². The van der Waals surface area contributed by atoms with Crippen molar-refractivity contribution >= 4 is 23.1 Å². The number of hydrogen-bond donors (Lipinski definition) is 1. The number of carbonyl (C=O) groups excluding carboxylic acids is 1. The van der Waals surface area contributed by atoms with E-state index < -0.39 is 5.60 Å². The number of amides is 1. The number of aromatic nitrogens is 1. The van der Waals surface area contributed by atoms with Crippen molar-refractivity contribution in [2.24, 2.45) is 0 Å². The molecule has 128 valence electrons. The molecule has 7 heteroatoms. The Kier molecular flexibility index (Phi) is 4.82. The maximum Gasteiger partial charge on any atom is 0.254 e. The first-order valence-corrected chi connectivity index (χ1v) is 8.78. The van der Waals surface area contributed by atoms with Crippen LogP contribution in [0.2, 0.25) is 0 Å². The van der Waals surface area contributed by atoms with Crippen LogP contribution < -0.4 is 4.90 Å². The highest BCUT2D eigenvalue weighted by Gasteiger charge is 2.36. The molecular formula is C17H20FN3O2S. The number of anilines is 1. The average molecular weight is 349 g/mol. The zero-order valence-electron chi connectivity index (χ0n) is 13.5. The average Bonchev–Trinajstić information content (AvgIpc) is 3.08. The molecule has 3 heterocycles. The van der Waals surface area contributed by atoms with Crippen molar-refractivity contribution in [3.05, 3.63) is 46.5 Å². The van der Waals surface area contributed by atoms with Crippen LogP contribution in [0.5, 0.6) is 0 Å². The first kappa shape index (κ1) is 16.9. The SMILES string of the molecule is CN(CC1(O)CCCN(c2ccc(F)cn2)C1)C(=O)c1ccsc1. The van der Waals surface area contributed by atoms with Crippen LogP contribution in [-0.4, -0.2) is 53.2 Å². The van der Waals surface area contributed by atoms with Gasteiger partial charge in [0.25, 0.3) is 5.91 Å². The first-order valence-electron chi connectivity index (χ1n) is 7.83. The highest BCUT2D eigenvalue weighted by molar-refractivity contribution is 7.08. The number of pyridine rings is 1. The molecule has 1 aliphatic rings. The van der Waals surface area contributed by atoms with E-state index in [1.165, 1.54) is 23.6 Å². The minimum atomic E-state index is -1.01. The van der Waals surface area contributed by atoms with E-state index in [4.69, 9.17) is 0 Å². The van der Waals surface area contributed by atoms with E-state index in [-0.39, 0.29) is 18.3 Å². The van der Waals surface area contributed by atoms with Gasteiger partial charge in [-0.2, -0.15) is 11.3 Å². The summed E-state index contributed by atoms with van der Waals surface area (Å²) in [6.45, 7) is 1.37. The molecule has 1 unspecified atom stereocenters. The number of piperidine rings is 1. The summed E-state index contributed by atoms with van der Waals surface area (Å²) < 4.78 is 13.0.